The molecular weight excluding hydrogens is 326 g/mol. The van der Waals surface area contributed by atoms with E-state index in [2.05, 4.69) is 25.7 Å². The number of H-pyrrole nitrogens is 1. The zero-order valence-electron chi connectivity index (χ0n) is 12.3. The Morgan fingerprint density at radius 2 is 2.17 bits per heavy atom. The summed E-state index contributed by atoms with van der Waals surface area (Å²) in [7, 11) is 0. The number of aromatic amines is 1. The Morgan fingerprint density at radius 1 is 1.21 bits per heavy atom. The van der Waals surface area contributed by atoms with Crippen molar-refractivity contribution in [3.63, 3.8) is 0 Å². The van der Waals surface area contributed by atoms with E-state index in [-0.39, 0.29) is 5.91 Å². The van der Waals surface area contributed by atoms with Gasteiger partial charge in [0.15, 0.2) is 0 Å². The largest absolute Gasteiger partial charge is 0.465 e. The van der Waals surface area contributed by atoms with Gasteiger partial charge in [0, 0.05) is 5.39 Å². The van der Waals surface area contributed by atoms with Crippen LogP contribution in [0.15, 0.2) is 47.2 Å². The molecule has 7 nitrogen and oxygen atoms in total. The number of anilines is 1. The molecule has 0 saturated carbocycles. The molecule has 3 aromatic heterocycles. The molecule has 0 spiro atoms. The average Bonchev–Trinajstić information content (AvgIpc) is 3.33. The van der Waals surface area contributed by atoms with Crippen LogP contribution in [0, 0.1) is 0 Å². The summed E-state index contributed by atoms with van der Waals surface area (Å²) in [5, 5.41) is 19.5. The highest BCUT2D eigenvalue weighted by atomic mass is 32.1. The fraction of sp³-hybridized carbons (Fsp3) is 0. The summed E-state index contributed by atoms with van der Waals surface area (Å²) in [5.41, 5.74) is 1.20. The minimum absolute atomic E-state index is 0.262. The SMILES string of the molecule is O=C(Nc1nnc(/C=C/c2ccco2)s1)c1cccc2cn[nH]c12. The second-order valence-corrected chi connectivity index (χ2v) is 5.90. The van der Waals surface area contributed by atoms with Gasteiger partial charge in [0.1, 0.15) is 10.8 Å². The Bertz CT molecular complexity index is 1020. The first-order valence-corrected chi connectivity index (χ1v) is 7.90. The third-order valence-corrected chi connectivity index (χ3v) is 4.12. The van der Waals surface area contributed by atoms with Crippen LogP contribution in [0.1, 0.15) is 21.1 Å². The first-order valence-electron chi connectivity index (χ1n) is 7.08. The summed E-state index contributed by atoms with van der Waals surface area (Å²) in [4.78, 5) is 12.4. The van der Waals surface area contributed by atoms with Crippen molar-refractivity contribution in [1.29, 1.82) is 0 Å². The number of carbonyl (C=O) groups is 1. The second-order valence-electron chi connectivity index (χ2n) is 4.89. The quantitative estimate of drug-likeness (QED) is 0.594. The van der Waals surface area contributed by atoms with Gasteiger partial charge in [-0.15, -0.1) is 10.2 Å². The Labute approximate surface area is 140 Å². The number of nitrogens with one attached hydrogen (secondary N) is 2. The molecule has 118 valence electrons. The molecule has 4 rings (SSSR count). The molecule has 0 bridgehead atoms. The molecule has 0 aliphatic carbocycles. The molecule has 0 radical (unpaired) electrons. The van der Waals surface area contributed by atoms with Gasteiger partial charge in [-0.1, -0.05) is 23.5 Å². The molecule has 0 aliphatic rings. The number of aromatic nitrogens is 4. The molecule has 0 fully saturated rings. The summed E-state index contributed by atoms with van der Waals surface area (Å²) in [6.07, 6.45) is 6.84. The molecule has 0 unspecified atom stereocenters. The van der Waals surface area contributed by atoms with Gasteiger partial charge in [0.25, 0.3) is 5.91 Å². The second kappa shape index (κ2) is 6.09. The van der Waals surface area contributed by atoms with E-state index in [1.54, 1.807) is 30.7 Å². The Balaban J connectivity index is 1.51. The molecule has 4 aromatic rings. The predicted octanol–water partition coefficient (Wildman–Crippen LogP) is 3.43. The van der Waals surface area contributed by atoms with E-state index in [4.69, 9.17) is 4.42 Å². The number of benzene rings is 1. The van der Waals surface area contributed by atoms with Crippen LogP contribution < -0.4 is 5.32 Å². The van der Waals surface area contributed by atoms with E-state index >= 15 is 0 Å². The van der Waals surface area contributed by atoms with Gasteiger partial charge >= 0.3 is 0 Å². The highest BCUT2D eigenvalue weighted by Crippen LogP contribution is 2.21. The maximum atomic E-state index is 12.4. The van der Waals surface area contributed by atoms with Crippen molar-refractivity contribution in [1.82, 2.24) is 20.4 Å². The van der Waals surface area contributed by atoms with Crippen molar-refractivity contribution in [3.05, 3.63) is 59.1 Å². The van der Waals surface area contributed by atoms with Crippen molar-refractivity contribution >= 4 is 45.4 Å². The zero-order valence-corrected chi connectivity index (χ0v) is 13.1. The van der Waals surface area contributed by atoms with Gasteiger partial charge in [-0.2, -0.15) is 5.10 Å². The first kappa shape index (κ1) is 14.3. The van der Waals surface area contributed by atoms with Gasteiger partial charge in [-0.3, -0.25) is 15.2 Å². The maximum absolute atomic E-state index is 12.4. The van der Waals surface area contributed by atoms with Gasteiger partial charge in [-0.25, -0.2) is 0 Å². The van der Waals surface area contributed by atoms with Crippen LogP contribution in [-0.2, 0) is 0 Å². The third kappa shape index (κ3) is 2.82. The van der Waals surface area contributed by atoms with Crippen LogP contribution in [0.3, 0.4) is 0 Å². The van der Waals surface area contributed by atoms with Crippen LogP contribution in [0.4, 0.5) is 5.13 Å². The van der Waals surface area contributed by atoms with Gasteiger partial charge in [-0.05, 0) is 30.4 Å². The molecule has 0 saturated heterocycles. The number of furan rings is 1. The van der Waals surface area contributed by atoms with Crippen LogP contribution >= 0.6 is 11.3 Å². The summed E-state index contributed by atoms with van der Waals surface area (Å²) in [5.74, 6) is 0.462. The molecule has 0 atom stereocenters. The number of para-hydroxylation sites is 1. The van der Waals surface area contributed by atoms with E-state index in [1.165, 1.54) is 11.3 Å². The van der Waals surface area contributed by atoms with Crippen molar-refractivity contribution < 1.29 is 9.21 Å². The lowest BCUT2D eigenvalue weighted by molar-refractivity contribution is 0.102. The Kier molecular flexibility index (Phi) is 3.64. The number of carbonyl (C=O) groups excluding carboxylic acids is 1. The predicted molar refractivity (Wildman–Crippen MR) is 91.6 cm³/mol. The number of nitrogens with zero attached hydrogens (tertiary/aromatic N) is 3. The van der Waals surface area contributed by atoms with Crippen molar-refractivity contribution in [2.75, 3.05) is 5.32 Å². The number of hydrogen-bond acceptors (Lipinski definition) is 6. The minimum atomic E-state index is -0.262. The van der Waals surface area contributed by atoms with Crippen molar-refractivity contribution in [2.45, 2.75) is 0 Å². The minimum Gasteiger partial charge on any atom is -0.465 e. The lowest BCUT2D eigenvalue weighted by Gasteiger charge is -2.01. The van der Waals surface area contributed by atoms with E-state index in [0.29, 0.717) is 21.2 Å². The number of rotatable bonds is 4. The molecule has 1 amide bonds. The van der Waals surface area contributed by atoms with Crippen molar-refractivity contribution in [3.8, 4) is 0 Å². The van der Waals surface area contributed by atoms with Crippen LogP contribution in [-0.4, -0.2) is 26.3 Å². The van der Waals surface area contributed by atoms with Crippen molar-refractivity contribution in [2.24, 2.45) is 0 Å². The van der Waals surface area contributed by atoms with Gasteiger partial charge in [0.05, 0.1) is 23.5 Å². The van der Waals surface area contributed by atoms with Crippen LogP contribution in [0.25, 0.3) is 23.1 Å². The molecule has 8 heteroatoms. The zero-order chi connectivity index (χ0) is 16.4. The third-order valence-electron chi connectivity index (χ3n) is 3.32. The number of amides is 1. The van der Waals surface area contributed by atoms with Gasteiger partial charge < -0.3 is 4.42 Å². The normalized spacial score (nSPS) is 11.3. The van der Waals surface area contributed by atoms with Crippen LogP contribution in [0.5, 0.6) is 0 Å². The monoisotopic (exact) mass is 337 g/mol. The van der Waals surface area contributed by atoms with E-state index in [0.717, 1.165) is 11.1 Å². The summed E-state index contributed by atoms with van der Waals surface area (Å²) in [6, 6.07) is 9.07. The number of fused-ring (bicyclic) bond motifs is 1. The lowest BCUT2D eigenvalue weighted by Crippen LogP contribution is -2.12. The summed E-state index contributed by atoms with van der Waals surface area (Å²) < 4.78 is 5.21. The summed E-state index contributed by atoms with van der Waals surface area (Å²) >= 11 is 1.28. The molecule has 24 heavy (non-hydrogen) atoms. The topological polar surface area (TPSA) is 96.7 Å². The molecule has 2 N–H and O–H groups in total. The fourth-order valence-corrected chi connectivity index (χ4v) is 2.86. The molecule has 3 heterocycles. The lowest BCUT2D eigenvalue weighted by atomic mass is 10.1. The standard InChI is InChI=1S/C16H11N5O2S/c22-15(12-5-1-3-10-9-17-20-14(10)12)18-16-21-19-13(24-16)7-6-11-4-2-8-23-11/h1-9H,(H,17,20)(H,18,21,22)/b7-6+. The number of hydrogen-bond donors (Lipinski definition) is 2. The fourth-order valence-electron chi connectivity index (χ4n) is 2.21. The van der Waals surface area contributed by atoms with E-state index in [1.807, 2.05) is 24.3 Å². The van der Waals surface area contributed by atoms with Gasteiger partial charge in [0.2, 0.25) is 5.13 Å². The smallest absolute Gasteiger partial charge is 0.259 e. The highest BCUT2D eigenvalue weighted by Gasteiger charge is 2.13. The molecule has 1 aromatic carbocycles. The average molecular weight is 337 g/mol. The van der Waals surface area contributed by atoms with E-state index in [9.17, 15) is 4.79 Å². The Morgan fingerprint density at radius 3 is 3.04 bits per heavy atom. The first-order chi connectivity index (χ1) is 11.8. The maximum Gasteiger partial charge on any atom is 0.259 e. The molecular formula is C16H11N5O2S. The Hall–Kier alpha value is -3.26. The molecule has 0 aliphatic heterocycles. The van der Waals surface area contributed by atoms with E-state index < -0.39 is 0 Å². The van der Waals surface area contributed by atoms with Crippen LogP contribution in [0.2, 0.25) is 0 Å². The summed E-state index contributed by atoms with van der Waals surface area (Å²) in [6.45, 7) is 0. The highest BCUT2D eigenvalue weighted by molar-refractivity contribution is 7.16.